The van der Waals surface area contributed by atoms with Crippen molar-refractivity contribution in [3.8, 4) is 0 Å². The van der Waals surface area contributed by atoms with Crippen LogP contribution >= 0.6 is 11.6 Å². The maximum Gasteiger partial charge on any atom is 0.159 e. The highest BCUT2D eigenvalue weighted by molar-refractivity contribution is 6.16. The highest BCUT2D eigenvalue weighted by atomic mass is 35.5. The van der Waals surface area contributed by atoms with Gasteiger partial charge < -0.3 is 9.09 Å². The van der Waals surface area contributed by atoms with Gasteiger partial charge >= 0.3 is 0 Å². The van der Waals surface area contributed by atoms with Crippen LogP contribution in [0.4, 0.5) is 0 Å². The van der Waals surface area contributed by atoms with Crippen LogP contribution in [0.2, 0.25) is 0 Å². The van der Waals surface area contributed by atoms with Crippen molar-refractivity contribution in [2.24, 2.45) is 7.05 Å². The summed E-state index contributed by atoms with van der Waals surface area (Å²) in [5.41, 5.74) is 4.88. The van der Waals surface area contributed by atoms with Crippen molar-refractivity contribution in [2.75, 3.05) is 0 Å². The zero-order valence-corrected chi connectivity index (χ0v) is 13.4. The van der Waals surface area contributed by atoms with E-state index in [1.54, 1.807) is 0 Å². The van der Waals surface area contributed by atoms with E-state index in [1.165, 1.54) is 0 Å². The van der Waals surface area contributed by atoms with E-state index in [-0.39, 0.29) is 0 Å². The summed E-state index contributed by atoms with van der Waals surface area (Å²) in [7, 11) is 1.94. The number of nitrogens with zero attached hydrogens (tertiary/aromatic N) is 5. The van der Waals surface area contributed by atoms with Crippen molar-refractivity contribution >= 4 is 22.8 Å². The summed E-state index contributed by atoms with van der Waals surface area (Å²) in [6.45, 7) is 6.59. The molecule has 0 atom stereocenters. The zero-order chi connectivity index (χ0) is 15.1. The number of rotatable bonds is 4. The molecule has 0 saturated carbocycles. The lowest BCUT2D eigenvalue weighted by Crippen LogP contribution is -2.08. The number of fused-ring (bicyclic) bond motifs is 1. The van der Waals surface area contributed by atoms with Crippen LogP contribution in [0, 0.1) is 13.8 Å². The van der Waals surface area contributed by atoms with Gasteiger partial charge in [-0.3, -0.25) is 4.68 Å². The summed E-state index contributed by atoms with van der Waals surface area (Å²) in [5.74, 6) is 2.03. The van der Waals surface area contributed by atoms with E-state index in [2.05, 4.69) is 26.7 Å². The Labute approximate surface area is 127 Å². The molecule has 3 aromatic heterocycles. The lowest BCUT2D eigenvalue weighted by Gasteiger charge is -2.07. The van der Waals surface area contributed by atoms with Gasteiger partial charge in [-0.15, -0.1) is 11.6 Å². The number of hydrogen-bond acceptors (Lipinski definition) is 4. The Bertz CT molecular complexity index is 779. The average Bonchev–Trinajstić information content (AvgIpc) is 3.09. The molecule has 0 amide bonds. The smallest absolute Gasteiger partial charge is 0.159 e. The number of alkyl halides is 1. The Hall–Kier alpha value is -1.82. The summed E-state index contributed by atoms with van der Waals surface area (Å²) in [6, 6.07) is 0. The molecule has 0 bridgehead atoms. The van der Waals surface area contributed by atoms with Crippen LogP contribution in [0.1, 0.15) is 35.5 Å². The number of aryl methyl sites for hydroxylation is 4. The van der Waals surface area contributed by atoms with Crippen molar-refractivity contribution in [3.05, 3.63) is 28.5 Å². The highest BCUT2D eigenvalue weighted by Crippen LogP contribution is 2.24. The summed E-state index contributed by atoms with van der Waals surface area (Å²) in [6.07, 6.45) is 0.849. The van der Waals surface area contributed by atoms with Crippen LogP contribution in [0.25, 0.3) is 11.2 Å². The van der Waals surface area contributed by atoms with Gasteiger partial charge in [-0.1, -0.05) is 12.1 Å². The maximum atomic E-state index is 6.08. The second-order valence-electron chi connectivity index (χ2n) is 5.15. The van der Waals surface area contributed by atoms with Crippen molar-refractivity contribution in [1.29, 1.82) is 0 Å². The third-order valence-electron chi connectivity index (χ3n) is 3.82. The van der Waals surface area contributed by atoms with E-state index in [0.29, 0.717) is 12.4 Å². The molecule has 21 heavy (non-hydrogen) atoms. The lowest BCUT2D eigenvalue weighted by molar-refractivity contribution is 0.392. The number of aromatic nitrogens is 5. The first-order valence-electron chi connectivity index (χ1n) is 6.95. The molecule has 7 heteroatoms. The van der Waals surface area contributed by atoms with Crippen LogP contribution in [-0.4, -0.2) is 24.5 Å². The van der Waals surface area contributed by atoms with Gasteiger partial charge in [0.25, 0.3) is 0 Å². The molecule has 0 spiro atoms. The SMILES string of the molecule is CCc1nn(C)c2c1nc(CCl)n2Cc1c(C)noc1C. The molecule has 0 aromatic carbocycles. The molecule has 3 heterocycles. The normalized spacial score (nSPS) is 11.7. The molecule has 6 nitrogen and oxygen atoms in total. The largest absolute Gasteiger partial charge is 0.361 e. The van der Waals surface area contributed by atoms with Crippen LogP contribution in [0.5, 0.6) is 0 Å². The van der Waals surface area contributed by atoms with E-state index in [4.69, 9.17) is 16.1 Å². The third kappa shape index (κ3) is 2.14. The minimum atomic E-state index is 0.362. The van der Waals surface area contributed by atoms with Gasteiger partial charge in [-0.25, -0.2) is 4.98 Å². The fraction of sp³-hybridized carbons (Fsp3) is 0.500. The molecule has 0 unspecified atom stereocenters. The molecule has 0 radical (unpaired) electrons. The van der Waals surface area contributed by atoms with E-state index >= 15 is 0 Å². The molecule has 0 saturated heterocycles. The molecule has 3 rings (SSSR count). The van der Waals surface area contributed by atoms with Crippen molar-refractivity contribution in [1.82, 2.24) is 24.5 Å². The molecule has 0 aliphatic carbocycles. The predicted octanol–water partition coefficient (Wildman–Crippen LogP) is 2.72. The second-order valence-corrected chi connectivity index (χ2v) is 5.41. The summed E-state index contributed by atoms with van der Waals surface area (Å²) < 4.78 is 9.22. The van der Waals surface area contributed by atoms with Crippen LogP contribution in [-0.2, 0) is 25.9 Å². The van der Waals surface area contributed by atoms with Gasteiger partial charge in [0.1, 0.15) is 17.1 Å². The van der Waals surface area contributed by atoms with Crippen LogP contribution in [0.15, 0.2) is 4.52 Å². The van der Waals surface area contributed by atoms with Gasteiger partial charge in [0, 0.05) is 12.6 Å². The van der Waals surface area contributed by atoms with Crippen molar-refractivity contribution < 1.29 is 4.52 Å². The summed E-state index contributed by atoms with van der Waals surface area (Å²) >= 11 is 6.08. The van der Waals surface area contributed by atoms with Crippen LogP contribution < -0.4 is 0 Å². The summed E-state index contributed by atoms with van der Waals surface area (Å²) in [5, 5.41) is 8.54. The average molecular weight is 308 g/mol. The minimum absolute atomic E-state index is 0.362. The van der Waals surface area contributed by atoms with Gasteiger partial charge in [0.15, 0.2) is 5.65 Å². The van der Waals surface area contributed by atoms with E-state index < -0.39 is 0 Å². The Kier molecular flexibility index (Phi) is 3.49. The van der Waals surface area contributed by atoms with Crippen molar-refractivity contribution in [2.45, 2.75) is 39.6 Å². The van der Waals surface area contributed by atoms with Crippen LogP contribution in [0.3, 0.4) is 0 Å². The number of hydrogen-bond donors (Lipinski definition) is 0. The molecule has 3 aromatic rings. The molecular weight excluding hydrogens is 290 g/mol. The molecule has 0 aliphatic heterocycles. The summed E-state index contributed by atoms with van der Waals surface area (Å²) in [4.78, 5) is 4.66. The Morgan fingerprint density at radius 3 is 2.62 bits per heavy atom. The predicted molar refractivity (Wildman–Crippen MR) is 80.5 cm³/mol. The minimum Gasteiger partial charge on any atom is -0.361 e. The Morgan fingerprint density at radius 2 is 2.05 bits per heavy atom. The van der Waals surface area contributed by atoms with Gasteiger partial charge in [-0.05, 0) is 20.3 Å². The fourth-order valence-corrected chi connectivity index (χ4v) is 2.88. The molecule has 112 valence electrons. The van der Waals surface area contributed by atoms with E-state index in [0.717, 1.165) is 46.1 Å². The first kappa shape index (κ1) is 14.1. The third-order valence-corrected chi connectivity index (χ3v) is 4.06. The first-order valence-corrected chi connectivity index (χ1v) is 7.48. The van der Waals surface area contributed by atoms with Gasteiger partial charge in [0.2, 0.25) is 0 Å². The molecule has 0 fully saturated rings. The second kappa shape index (κ2) is 5.18. The fourth-order valence-electron chi connectivity index (χ4n) is 2.68. The molecule has 0 N–H and O–H groups in total. The van der Waals surface area contributed by atoms with E-state index in [9.17, 15) is 0 Å². The van der Waals surface area contributed by atoms with Crippen molar-refractivity contribution in [3.63, 3.8) is 0 Å². The monoisotopic (exact) mass is 307 g/mol. The quantitative estimate of drug-likeness (QED) is 0.695. The van der Waals surface area contributed by atoms with Gasteiger partial charge in [-0.2, -0.15) is 5.10 Å². The maximum absolute atomic E-state index is 6.08. The number of halogens is 1. The van der Waals surface area contributed by atoms with E-state index in [1.807, 2.05) is 25.6 Å². The lowest BCUT2D eigenvalue weighted by atomic mass is 10.2. The van der Waals surface area contributed by atoms with Gasteiger partial charge in [0.05, 0.1) is 23.8 Å². The number of imidazole rings is 1. The highest BCUT2D eigenvalue weighted by Gasteiger charge is 2.20. The standard InChI is InChI=1S/C14H18ClN5O/c1-5-11-13-14(19(4)17-11)20(12(6-15)16-13)7-10-8(2)18-21-9(10)3/h5-7H2,1-4H3. The Balaban J connectivity index is 2.19. The molecular formula is C14H18ClN5O. The Morgan fingerprint density at radius 1 is 1.29 bits per heavy atom. The first-order chi connectivity index (χ1) is 10.1. The topological polar surface area (TPSA) is 61.7 Å². The zero-order valence-electron chi connectivity index (χ0n) is 12.6. The molecule has 0 aliphatic rings.